The van der Waals surface area contributed by atoms with Crippen LogP contribution in [0.15, 0.2) is 12.3 Å². The molecule has 1 aromatic rings. The summed E-state index contributed by atoms with van der Waals surface area (Å²) >= 11 is 5.86. The summed E-state index contributed by atoms with van der Waals surface area (Å²) in [6.07, 6.45) is 2.38. The highest BCUT2D eigenvalue weighted by atomic mass is 35.5. The number of hydrogen-bond donors (Lipinski definition) is 2. The fourth-order valence-electron chi connectivity index (χ4n) is 1.53. The predicted molar refractivity (Wildman–Crippen MR) is 64.7 cm³/mol. The Bertz CT molecular complexity index is 344. The van der Waals surface area contributed by atoms with Gasteiger partial charge in [-0.1, -0.05) is 32.4 Å². The molecule has 0 radical (unpaired) electrons. The smallest absolute Gasteiger partial charge is 0.128 e. The number of hydrogen-bond acceptors (Lipinski definition) is 3. The van der Waals surface area contributed by atoms with Gasteiger partial charge in [-0.2, -0.15) is 0 Å². The van der Waals surface area contributed by atoms with Gasteiger partial charge in [-0.3, -0.25) is 0 Å². The molecule has 1 unspecified atom stereocenters. The molecule has 3 nitrogen and oxygen atoms in total. The van der Waals surface area contributed by atoms with Gasteiger partial charge in [0.05, 0.1) is 5.02 Å². The molecular formula is C11H18ClN3. The van der Waals surface area contributed by atoms with Gasteiger partial charge in [-0.25, -0.2) is 4.98 Å². The Hall–Kier alpha value is -0.800. The van der Waals surface area contributed by atoms with Gasteiger partial charge in [-0.15, -0.1) is 0 Å². The Labute approximate surface area is 95.8 Å². The number of anilines is 1. The molecule has 4 heteroatoms. The molecule has 1 aromatic heterocycles. The first-order valence-corrected chi connectivity index (χ1v) is 5.34. The fourth-order valence-corrected chi connectivity index (χ4v) is 1.70. The molecule has 0 spiro atoms. The van der Waals surface area contributed by atoms with Crippen LogP contribution in [0.5, 0.6) is 0 Å². The van der Waals surface area contributed by atoms with Crippen molar-refractivity contribution < 1.29 is 0 Å². The van der Waals surface area contributed by atoms with Crippen LogP contribution >= 0.6 is 11.6 Å². The fraction of sp³-hybridized carbons (Fsp3) is 0.545. The van der Waals surface area contributed by atoms with Crippen molar-refractivity contribution in [2.24, 2.45) is 11.1 Å². The first kappa shape index (κ1) is 12.3. The van der Waals surface area contributed by atoms with Crippen molar-refractivity contribution >= 4 is 17.4 Å². The summed E-state index contributed by atoms with van der Waals surface area (Å²) in [4.78, 5) is 4.00. The van der Waals surface area contributed by atoms with Crippen molar-refractivity contribution in [3.8, 4) is 0 Å². The van der Waals surface area contributed by atoms with Crippen LogP contribution in [0.2, 0.25) is 5.02 Å². The van der Waals surface area contributed by atoms with Crippen LogP contribution in [0.25, 0.3) is 0 Å². The summed E-state index contributed by atoms with van der Waals surface area (Å²) in [6, 6.07) is 1.68. The number of halogens is 1. The van der Waals surface area contributed by atoms with Crippen LogP contribution < -0.4 is 11.5 Å². The summed E-state index contributed by atoms with van der Waals surface area (Å²) in [5.74, 6) is 0.469. The van der Waals surface area contributed by atoms with Crippen molar-refractivity contribution in [2.45, 2.75) is 33.2 Å². The standard InChI is InChI=1S/C11H18ClN3/c1-11(2,3)5-9(13)8-4-7(12)6-15-10(8)14/h4,6,9H,5,13H2,1-3H3,(H2,14,15). The molecule has 0 saturated carbocycles. The van der Waals surface area contributed by atoms with Crippen LogP contribution in [-0.2, 0) is 0 Å². The second-order valence-corrected chi connectivity index (χ2v) is 5.44. The molecule has 0 fully saturated rings. The lowest BCUT2D eigenvalue weighted by Gasteiger charge is -2.23. The summed E-state index contributed by atoms with van der Waals surface area (Å²) in [5, 5.41) is 0.573. The Morgan fingerprint density at radius 3 is 2.60 bits per heavy atom. The highest BCUT2D eigenvalue weighted by Crippen LogP contribution is 2.30. The second kappa shape index (κ2) is 4.37. The van der Waals surface area contributed by atoms with E-state index in [1.165, 1.54) is 6.20 Å². The Morgan fingerprint density at radius 1 is 1.47 bits per heavy atom. The largest absolute Gasteiger partial charge is 0.383 e. The molecule has 4 N–H and O–H groups in total. The third-order valence-electron chi connectivity index (χ3n) is 2.15. The molecule has 1 atom stereocenters. The lowest BCUT2D eigenvalue weighted by Crippen LogP contribution is -2.20. The lowest BCUT2D eigenvalue weighted by atomic mass is 9.86. The molecule has 0 amide bonds. The Balaban J connectivity index is 2.90. The van der Waals surface area contributed by atoms with Crippen LogP contribution in [0.3, 0.4) is 0 Å². The van der Waals surface area contributed by atoms with Gasteiger partial charge >= 0.3 is 0 Å². The maximum atomic E-state index is 6.07. The van der Waals surface area contributed by atoms with E-state index in [9.17, 15) is 0 Å². The zero-order valence-electron chi connectivity index (χ0n) is 9.42. The van der Waals surface area contributed by atoms with Crippen LogP contribution in [0.4, 0.5) is 5.82 Å². The summed E-state index contributed by atoms with van der Waals surface area (Å²) in [7, 11) is 0. The predicted octanol–water partition coefficient (Wildman–Crippen LogP) is 2.75. The highest BCUT2D eigenvalue weighted by molar-refractivity contribution is 6.30. The van der Waals surface area contributed by atoms with Crippen molar-refractivity contribution in [1.82, 2.24) is 4.98 Å². The second-order valence-electron chi connectivity index (χ2n) is 5.00. The van der Waals surface area contributed by atoms with Crippen molar-refractivity contribution in [2.75, 3.05) is 5.73 Å². The summed E-state index contributed by atoms with van der Waals surface area (Å²) in [5.41, 5.74) is 12.8. The van der Waals surface area contributed by atoms with Crippen LogP contribution in [0.1, 0.15) is 38.8 Å². The highest BCUT2D eigenvalue weighted by Gasteiger charge is 2.19. The van der Waals surface area contributed by atoms with Gasteiger partial charge in [0.1, 0.15) is 5.82 Å². The maximum Gasteiger partial charge on any atom is 0.128 e. The number of aromatic nitrogens is 1. The number of pyridine rings is 1. The summed E-state index contributed by atoms with van der Waals surface area (Å²) in [6.45, 7) is 6.42. The van der Waals surface area contributed by atoms with Gasteiger partial charge in [0, 0.05) is 17.8 Å². The topological polar surface area (TPSA) is 64.9 Å². The van der Waals surface area contributed by atoms with Gasteiger partial charge in [0.25, 0.3) is 0 Å². The van der Waals surface area contributed by atoms with E-state index < -0.39 is 0 Å². The Morgan fingerprint density at radius 2 is 2.07 bits per heavy atom. The van der Waals surface area contributed by atoms with E-state index in [0.29, 0.717) is 10.8 Å². The summed E-state index contributed by atoms with van der Waals surface area (Å²) < 4.78 is 0. The monoisotopic (exact) mass is 227 g/mol. The minimum Gasteiger partial charge on any atom is -0.383 e. The van der Waals surface area contributed by atoms with E-state index in [0.717, 1.165) is 12.0 Å². The molecule has 0 bridgehead atoms. The molecule has 84 valence electrons. The zero-order valence-corrected chi connectivity index (χ0v) is 10.2. The lowest BCUT2D eigenvalue weighted by molar-refractivity contribution is 0.343. The van der Waals surface area contributed by atoms with Gasteiger partial charge < -0.3 is 11.5 Å². The average Bonchev–Trinajstić information content (AvgIpc) is 2.06. The zero-order chi connectivity index (χ0) is 11.6. The quantitative estimate of drug-likeness (QED) is 0.817. The molecular weight excluding hydrogens is 210 g/mol. The van der Waals surface area contributed by atoms with Crippen LogP contribution in [0, 0.1) is 5.41 Å². The minimum absolute atomic E-state index is 0.115. The molecule has 0 aromatic carbocycles. The van der Waals surface area contributed by atoms with E-state index in [4.69, 9.17) is 23.1 Å². The van der Waals surface area contributed by atoms with Crippen LogP contribution in [-0.4, -0.2) is 4.98 Å². The normalized spacial score (nSPS) is 13.9. The molecule has 1 rings (SSSR count). The molecule has 0 aliphatic heterocycles. The molecule has 15 heavy (non-hydrogen) atoms. The van der Waals surface area contributed by atoms with Gasteiger partial charge in [0.2, 0.25) is 0 Å². The first-order chi connectivity index (χ1) is 6.79. The van der Waals surface area contributed by atoms with Crippen molar-refractivity contribution in [3.05, 3.63) is 22.8 Å². The molecule has 0 saturated heterocycles. The number of nitrogen functional groups attached to an aromatic ring is 1. The van der Waals surface area contributed by atoms with E-state index >= 15 is 0 Å². The average molecular weight is 228 g/mol. The number of rotatable bonds is 2. The van der Waals surface area contributed by atoms with Crippen molar-refractivity contribution in [3.63, 3.8) is 0 Å². The van der Waals surface area contributed by atoms with Crippen molar-refractivity contribution in [1.29, 1.82) is 0 Å². The molecule has 0 aliphatic rings. The van der Waals surface area contributed by atoms with E-state index in [1.54, 1.807) is 6.07 Å². The molecule has 1 heterocycles. The minimum atomic E-state index is -0.115. The third kappa shape index (κ3) is 3.68. The third-order valence-corrected chi connectivity index (χ3v) is 2.35. The van der Waals surface area contributed by atoms with Gasteiger partial charge in [-0.05, 0) is 17.9 Å². The van der Waals surface area contributed by atoms with E-state index in [2.05, 4.69) is 25.8 Å². The van der Waals surface area contributed by atoms with Gasteiger partial charge in [0.15, 0.2) is 0 Å². The Kier molecular flexibility index (Phi) is 3.58. The molecule has 0 aliphatic carbocycles. The van der Waals surface area contributed by atoms with E-state index in [1.807, 2.05) is 0 Å². The SMILES string of the molecule is CC(C)(C)CC(N)c1cc(Cl)cnc1N. The first-order valence-electron chi connectivity index (χ1n) is 4.96. The maximum absolute atomic E-state index is 6.07. The number of nitrogens with two attached hydrogens (primary N) is 2. The number of nitrogens with zero attached hydrogens (tertiary/aromatic N) is 1. The van der Waals surface area contributed by atoms with E-state index in [-0.39, 0.29) is 11.5 Å².